The predicted octanol–water partition coefficient (Wildman–Crippen LogP) is 2.85. The summed E-state index contributed by atoms with van der Waals surface area (Å²) in [7, 11) is 0. The smallest absolute Gasteiger partial charge is 0.258 e. The number of halogens is 2. The Labute approximate surface area is 142 Å². The number of amides is 1. The van der Waals surface area contributed by atoms with Crippen molar-refractivity contribution in [1.82, 2.24) is 15.1 Å². The molecule has 0 atom stereocenters. The first-order chi connectivity index (χ1) is 12.0. The van der Waals surface area contributed by atoms with Crippen molar-refractivity contribution in [1.29, 1.82) is 0 Å². The van der Waals surface area contributed by atoms with Gasteiger partial charge in [0.25, 0.3) is 5.91 Å². The molecule has 0 saturated heterocycles. The molecule has 2 N–H and O–H groups in total. The molecule has 0 aliphatic carbocycles. The summed E-state index contributed by atoms with van der Waals surface area (Å²) >= 11 is 0. The van der Waals surface area contributed by atoms with Gasteiger partial charge >= 0.3 is 0 Å². The highest BCUT2D eigenvalue weighted by Crippen LogP contribution is 2.22. The maximum atomic E-state index is 13.7. The van der Waals surface area contributed by atoms with Crippen LogP contribution in [0.25, 0.3) is 0 Å². The second-order valence-electron chi connectivity index (χ2n) is 5.44. The van der Waals surface area contributed by atoms with Crippen molar-refractivity contribution in [3.8, 4) is 5.75 Å². The lowest BCUT2D eigenvalue weighted by Gasteiger charge is -2.12. The van der Waals surface area contributed by atoms with E-state index in [0.29, 0.717) is 18.7 Å². The molecule has 0 bridgehead atoms. The van der Waals surface area contributed by atoms with E-state index in [1.54, 1.807) is 10.9 Å². The fourth-order valence-electron chi connectivity index (χ4n) is 2.50. The minimum absolute atomic E-state index is 0.131. The molecule has 1 amide bonds. The first kappa shape index (κ1) is 16.6. The van der Waals surface area contributed by atoms with E-state index in [4.69, 9.17) is 0 Å². The number of benzene rings is 2. The quantitative estimate of drug-likeness (QED) is 0.749. The Morgan fingerprint density at radius 1 is 1.16 bits per heavy atom. The van der Waals surface area contributed by atoms with E-state index < -0.39 is 28.9 Å². The Balaban J connectivity index is 1.75. The van der Waals surface area contributed by atoms with Gasteiger partial charge in [-0.05, 0) is 17.2 Å². The summed E-state index contributed by atoms with van der Waals surface area (Å²) in [5.41, 5.74) is 1.19. The molecule has 1 heterocycles. The van der Waals surface area contributed by atoms with Gasteiger partial charge in [0, 0.05) is 31.1 Å². The minimum atomic E-state index is -1.11. The van der Waals surface area contributed by atoms with E-state index in [1.807, 2.05) is 36.5 Å². The molecule has 0 aliphatic heterocycles. The highest BCUT2D eigenvalue weighted by atomic mass is 19.1. The third kappa shape index (κ3) is 3.82. The molecule has 1 aromatic heterocycles. The van der Waals surface area contributed by atoms with Gasteiger partial charge in [0.2, 0.25) is 0 Å². The summed E-state index contributed by atoms with van der Waals surface area (Å²) in [6.45, 7) is 0.654. The third-order valence-electron chi connectivity index (χ3n) is 3.71. The zero-order valence-corrected chi connectivity index (χ0v) is 13.1. The standard InChI is InChI=1S/C18H15F2N3O2/c19-14-8-15(20)17(16(24)9-14)18(25)21-10-12-4-1-2-5-13(12)11-23-7-3-6-22-23/h1-9,24H,10-11H2,(H,21,25). The second kappa shape index (κ2) is 7.12. The summed E-state index contributed by atoms with van der Waals surface area (Å²) < 4.78 is 28.5. The molecule has 5 nitrogen and oxygen atoms in total. The van der Waals surface area contributed by atoms with E-state index in [1.165, 1.54) is 0 Å². The Kier molecular flexibility index (Phi) is 4.74. The van der Waals surface area contributed by atoms with Crippen LogP contribution in [0.2, 0.25) is 0 Å². The zero-order valence-electron chi connectivity index (χ0n) is 13.1. The topological polar surface area (TPSA) is 67.2 Å². The molecule has 3 rings (SSSR count). The highest BCUT2D eigenvalue weighted by Gasteiger charge is 2.18. The van der Waals surface area contributed by atoms with Gasteiger partial charge < -0.3 is 10.4 Å². The van der Waals surface area contributed by atoms with Crippen LogP contribution >= 0.6 is 0 Å². The number of aromatic hydroxyl groups is 1. The minimum Gasteiger partial charge on any atom is -0.507 e. The average Bonchev–Trinajstić information content (AvgIpc) is 3.06. The number of hydrogen-bond donors (Lipinski definition) is 2. The maximum Gasteiger partial charge on any atom is 0.258 e. The first-order valence-electron chi connectivity index (χ1n) is 7.55. The Bertz CT molecular complexity index is 872. The van der Waals surface area contributed by atoms with Crippen molar-refractivity contribution in [2.45, 2.75) is 13.1 Å². The van der Waals surface area contributed by atoms with Crippen LogP contribution in [0.4, 0.5) is 8.78 Å². The molecule has 3 aromatic rings. The number of phenolic OH excluding ortho intramolecular Hbond substituents is 1. The fourth-order valence-corrected chi connectivity index (χ4v) is 2.50. The van der Waals surface area contributed by atoms with Gasteiger partial charge in [-0.1, -0.05) is 24.3 Å². The van der Waals surface area contributed by atoms with Crippen LogP contribution in [-0.2, 0) is 13.1 Å². The number of rotatable bonds is 5. The highest BCUT2D eigenvalue weighted by molar-refractivity contribution is 5.97. The van der Waals surface area contributed by atoms with E-state index in [9.17, 15) is 18.7 Å². The van der Waals surface area contributed by atoms with E-state index in [2.05, 4.69) is 10.4 Å². The van der Waals surface area contributed by atoms with Crippen LogP contribution in [0.5, 0.6) is 5.75 Å². The molecular weight excluding hydrogens is 328 g/mol. The van der Waals surface area contributed by atoms with Crippen LogP contribution < -0.4 is 5.32 Å². The van der Waals surface area contributed by atoms with E-state index in [0.717, 1.165) is 11.1 Å². The van der Waals surface area contributed by atoms with Gasteiger partial charge in [0.1, 0.15) is 22.9 Å². The molecule has 0 aliphatic rings. The van der Waals surface area contributed by atoms with Crippen LogP contribution in [0, 0.1) is 11.6 Å². The lowest BCUT2D eigenvalue weighted by atomic mass is 10.1. The molecule has 0 radical (unpaired) electrons. The predicted molar refractivity (Wildman–Crippen MR) is 87.0 cm³/mol. The third-order valence-corrected chi connectivity index (χ3v) is 3.71. The summed E-state index contributed by atoms with van der Waals surface area (Å²) in [6, 6.07) is 10.5. The lowest BCUT2D eigenvalue weighted by Crippen LogP contribution is -2.25. The monoisotopic (exact) mass is 343 g/mol. The van der Waals surface area contributed by atoms with Crippen LogP contribution in [0.15, 0.2) is 54.9 Å². The average molecular weight is 343 g/mol. The Morgan fingerprint density at radius 3 is 2.60 bits per heavy atom. The molecule has 128 valence electrons. The SMILES string of the molecule is O=C(NCc1ccccc1Cn1cccn1)c1c(O)cc(F)cc1F. The fraction of sp³-hybridized carbons (Fsp3) is 0.111. The van der Waals surface area contributed by atoms with Gasteiger partial charge in [-0.15, -0.1) is 0 Å². The number of carbonyl (C=O) groups excluding carboxylic acids is 1. The van der Waals surface area contributed by atoms with Crippen molar-refractivity contribution in [3.63, 3.8) is 0 Å². The molecular formula is C18H15F2N3O2. The van der Waals surface area contributed by atoms with Crippen molar-refractivity contribution < 1.29 is 18.7 Å². The molecule has 0 saturated carbocycles. The van der Waals surface area contributed by atoms with Crippen LogP contribution in [0.3, 0.4) is 0 Å². The number of nitrogens with one attached hydrogen (secondary N) is 1. The van der Waals surface area contributed by atoms with Crippen molar-refractivity contribution in [2.75, 3.05) is 0 Å². The number of hydrogen-bond acceptors (Lipinski definition) is 3. The van der Waals surface area contributed by atoms with Gasteiger partial charge in [0.05, 0.1) is 6.54 Å². The maximum absolute atomic E-state index is 13.7. The molecule has 2 aromatic carbocycles. The number of carbonyl (C=O) groups is 1. The molecule has 7 heteroatoms. The van der Waals surface area contributed by atoms with Gasteiger partial charge in [-0.2, -0.15) is 5.10 Å². The van der Waals surface area contributed by atoms with Gasteiger partial charge in [0.15, 0.2) is 0 Å². The summed E-state index contributed by atoms with van der Waals surface area (Å²) in [6.07, 6.45) is 3.49. The number of phenols is 1. The van der Waals surface area contributed by atoms with Crippen molar-refractivity contribution in [3.05, 3.63) is 83.2 Å². The Morgan fingerprint density at radius 2 is 1.92 bits per heavy atom. The largest absolute Gasteiger partial charge is 0.507 e. The molecule has 0 spiro atoms. The Hall–Kier alpha value is -3.22. The zero-order chi connectivity index (χ0) is 17.8. The molecule has 25 heavy (non-hydrogen) atoms. The number of nitrogens with zero attached hydrogens (tertiary/aromatic N) is 2. The van der Waals surface area contributed by atoms with Crippen molar-refractivity contribution in [2.24, 2.45) is 0 Å². The van der Waals surface area contributed by atoms with Crippen LogP contribution in [-0.4, -0.2) is 20.8 Å². The van der Waals surface area contributed by atoms with Gasteiger partial charge in [-0.25, -0.2) is 8.78 Å². The number of aromatic nitrogens is 2. The molecule has 0 fully saturated rings. The normalized spacial score (nSPS) is 10.6. The first-order valence-corrected chi connectivity index (χ1v) is 7.55. The second-order valence-corrected chi connectivity index (χ2v) is 5.44. The van der Waals surface area contributed by atoms with E-state index >= 15 is 0 Å². The summed E-state index contributed by atoms with van der Waals surface area (Å²) in [5.74, 6) is -3.61. The van der Waals surface area contributed by atoms with E-state index in [-0.39, 0.29) is 6.54 Å². The van der Waals surface area contributed by atoms with Gasteiger partial charge in [-0.3, -0.25) is 9.48 Å². The van der Waals surface area contributed by atoms with Crippen molar-refractivity contribution >= 4 is 5.91 Å². The van der Waals surface area contributed by atoms with Crippen LogP contribution in [0.1, 0.15) is 21.5 Å². The molecule has 0 unspecified atom stereocenters. The summed E-state index contributed by atoms with van der Waals surface area (Å²) in [4.78, 5) is 12.1. The summed E-state index contributed by atoms with van der Waals surface area (Å²) in [5, 5.41) is 16.3. The lowest BCUT2D eigenvalue weighted by molar-refractivity contribution is 0.0943.